The fourth-order valence-electron chi connectivity index (χ4n) is 2.07. The highest BCUT2D eigenvalue weighted by molar-refractivity contribution is 7.84. The van der Waals surface area contributed by atoms with Crippen LogP contribution in [0, 0.1) is 0 Å². The molecule has 0 aliphatic heterocycles. The van der Waals surface area contributed by atoms with E-state index in [1.54, 1.807) is 29.5 Å². The molecule has 0 fully saturated rings. The van der Waals surface area contributed by atoms with Gasteiger partial charge in [0.1, 0.15) is 0 Å². The van der Waals surface area contributed by atoms with Crippen LogP contribution in [0.1, 0.15) is 5.56 Å². The maximum absolute atomic E-state index is 12.5. The van der Waals surface area contributed by atoms with Crippen LogP contribution in [0.5, 0.6) is 0 Å². The summed E-state index contributed by atoms with van der Waals surface area (Å²) in [5.74, 6) is 0.466. The lowest BCUT2D eigenvalue weighted by Crippen LogP contribution is -1.97. The molecule has 1 aromatic heterocycles. The van der Waals surface area contributed by atoms with Gasteiger partial charge in [-0.25, -0.2) is 0 Å². The Labute approximate surface area is 128 Å². The molecule has 0 amide bonds. The molecule has 0 radical (unpaired) electrons. The Balaban J connectivity index is 1.92. The van der Waals surface area contributed by atoms with Crippen LogP contribution in [0.3, 0.4) is 0 Å². The lowest BCUT2D eigenvalue weighted by atomic mass is 10.2. The van der Waals surface area contributed by atoms with Crippen molar-refractivity contribution in [3.8, 4) is 0 Å². The number of fused-ring (bicyclic) bond motifs is 1. The molecule has 0 saturated heterocycles. The van der Waals surface area contributed by atoms with E-state index < -0.39 is 10.8 Å². The first-order valence-corrected chi connectivity index (χ1v) is 8.61. The predicted molar refractivity (Wildman–Crippen MR) is 87.8 cm³/mol. The van der Waals surface area contributed by atoms with Crippen molar-refractivity contribution in [3.05, 3.63) is 58.4 Å². The first-order valence-electron chi connectivity index (χ1n) is 6.03. The number of hydrogen-bond acceptors (Lipinski definition) is 3. The monoisotopic (exact) mass is 321 g/mol. The molecule has 3 rings (SSSR count). The number of benzene rings is 2. The molecule has 2 aromatic carbocycles. The average molecular weight is 322 g/mol. The third kappa shape index (κ3) is 2.59. The third-order valence-electron chi connectivity index (χ3n) is 3.05. The van der Waals surface area contributed by atoms with Crippen molar-refractivity contribution in [2.24, 2.45) is 0 Å². The molecule has 0 spiro atoms. The fraction of sp³-hybridized carbons (Fsp3) is 0.0667. The van der Waals surface area contributed by atoms with Gasteiger partial charge >= 0.3 is 0 Å². The fourth-order valence-corrected chi connectivity index (χ4v) is 4.75. The van der Waals surface area contributed by atoms with E-state index in [-0.39, 0.29) is 0 Å². The largest absolute Gasteiger partial charge is 0.399 e. The standard InChI is InChI=1S/C15H12ClNOS2/c16-13-7-11(17)5-6-15(13)20(18)9-10-8-19-14-4-2-1-3-12(10)14/h1-8H,9,17H2. The first-order chi connectivity index (χ1) is 9.65. The van der Waals surface area contributed by atoms with Gasteiger partial charge in [0.05, 0.1) is 26.5 Å². The molecule has 1 atom stereocenters. The van der Waals surface area contributed by atoms with Crippen molar-refractivity contribution in [2.45, 2.75) is 10.6 Å². The molecule has 5 heteroatoms. The molecule has 0 aliphatic rings. The molecule has 1 heterocycles. The van der Waals surface area contributed by atoms with Crippen LogP contribution in [0.4, 0.5) is 5.69 Å². The number of anilines is 1. The zero-order chi connectivity index (χ0) is 14.1. The Kier molecular flexibility index (Phi) is 3.78. The molecule has 0 saturated carbocycles. The highest BCUT2D eigenvalue weighted by Gasteiger charge is 2.12. The van der Waals surface area contributed by atoms with Crippen LogP contribution < -0.4 is 5.73 Å². The summed E-state index contributed by atoms with van der Waals surface area (Å²) < 4.78 is 13.7. The van der Waals surface area contributed by atoms with E-state index in [0.717, 1.165) is 10.9 Å². The second kappa shape index (κ2) is 5.56. The normalized spacial score (nSPS) is 12.7. The van der Waals surface area contributed by atoms with Gasteiger partial charge in [0, 0.05) is 10.4 Å². The van der Waals surface area contributed by atoms with Gasteiger partial charge in [-0.15, -0.1) is 11.3 Å². The highest BCUT2D eigenvalue weighted by atomic mass is 35.5. The van der Waals surface area contributed by atoms with Crippen LogP contribution in [0.15, 0.2) is 52.7 Å². The van der Waals surface area contributed by atoms with Crippen LogP contribution in [-0.2, 0) is 16.6 Å². The zero-order valence-corrected chi connectivity index (χ0v) is 12.9. The molecule has 1 unspecified atom stereocenters. The number of hydrogen-bond donors (Lipinski definition) is 1. The Hall–Kier alpha value is -1.36. The average Bonchev–Trinajstić information content (AvgIpc) is 2.82. The molecular weight excluding hydrogens is 310 g/mol. The summed E-state index contributed by atoms with van der Waals surface area (Å²) in [4.78, 5) is 0.635. The number of nitrogens with two attached hydrogens (primary N) is 1. The van der Waals surface area contributed by atoms with E-state index in [2.05, 4.69) is 17.5 Å². The van der Waals surface area contributed by atoms with Gasteiger partial charge in [-0.1, -0.05) is 29.8 Å². The lowest BCUT2D eigenvalue weighted by molar-refractivity contribution is 0.683. The van der Waals surface area contributed by atoms with E-state index in [1.165, 1.54) is 4.70 Å². The molecule has 2 N–H and O–H groups in total. The number of halogens is 1. The lowest BCUT2D eigenvalue weighted by Gasteiger charge is -2.05. The summed E-state index contributed by atoms with van der Waals surface area (Å²) in [6.45, 7) is 0. The molecular formula is C15H12ClNOS2. The van der Waals surface area contributed by atoms with Crippen molar-refractivity contribution < 1.29 is 4.21 Å². The van der Waals surface area contributed by atoms with Crippen molar-refractivity contribution in [2.75, 3.05) is 5.73 Å². The molecule has 3 aromatic rings. The quantitative estimate of drug-likeness (QED) is 0.724. The van der Waals surface area contributed by atoms with Crippen molar-refractivity contribution in [1.29, 1.82) is 0 Å². The maximum Gasteiger partial charge on any atom is 0.0589 e. The van der Waals surface area contributed by atoms with E-state index in [0.29, 0.717) is 21.4 Å². The molecule has 0 aliphatic carbocycles. The molecule has 0 bridgehead atoms. The van der Waals surface area contributed by atoms with Crippen LogP contribution in [0.25, 0.3) is 10.1 Å². The van der Waals surface area contributed by atoms with Gasteiger partial charge in [0.2, 0.25) is 0 Å². The Morgan fingerprint density at radius 1 is 1.20 bits per heavy atom. The highest BCUT2D eigenvalue weighted by Crippen LogP contribution is 2.29. The van der Waals surface area contributed by atoms with Crippen LogP contribution >= 0.6 is 22.9 Å². The summed E-state index contributed by atoms with van der Waals surface area (Å²) in [5.41, 5.74) is 7.33. The SMILES string of the molecule is Nc1ccc(S(=O)Cc2csc3ccccc23)c(Cl)c1. The number of thiophene rings is 1. The van der Waals surface area contributed by atoms with Crippen molar-refractivity contribution in [1.82, 2.24) is 0 Å². The van der Waals surface area contributed by atoms with E-state index in [9.17, 15) is 4.21 Å². The Morgan fingerprint density at radius 2 is 2.00 bits per heavy atom. The first kappa shape index (κ1) is 13.6. The Bertz CT molecular complexity index is 797. The van der Waals surface area contributed by atoms with E-state index >= 15 is 0 Å². The predicted octanol–water partition coefficient (Wildman–Crippen LogP) is 4.44. The van der Waals surface area contributed by atoms with Gasteiger partial charge in [-0.05, 0) is 40.6 Å². The van der Waals surface area contributed by atoms with Crippen LogP contribution in [0.2, 0.25) is 5.02 Å². The van der Waals surface area contributed by atoms with Crippen molar-refractivity contribution >= 4 is 49.5 Å². The summed E-state index contributed by atoms with van der Waals surface area (Å²) in [5, 5.41) is 3.69. The zero-order valence-electron chi connectivity index (χ0n) is 10.5. The minimum absolute atomic E-state index is 0.461. The number of nitrogen functional groups attached to an aromatic ring is 1. The van der Waals surface area contributed by atoms with Gasteiger partial charge in [-0.3, -0.25) is 4.21 Å². The van der Waals surface area contributed by atoms with E-state index in [4.69, 9.17) is 17.3 Å². The summed E-state index contributed by atoms with van der Waals surface area (Å²) in [6, 6.07) is 13.2. The number of rotatable bonds is 3. The molecule has 20 heavy (non-hydrogen) atoms. The topological polar surface area (TPSA) is 43.1 Å². The second-order valence-electron chi connectivity index (χ2n) is 4.44. The van der Waals surface area contributed by atoms with Gasteiger partial charge in [-0.2, -0.15) is 0 Å². The van der Waals surface area contributed by atoms with Crippen LogP contribution in [-0.4, -0.2) is 4.21 Å². The minimum atomic E-state index is -1.17. The van der Waals surface area contributed by atoms with Gasteiger partial charge in [0.25, 0.3) is 0 Å². The smallest absolute Gasteiger partial charge is 0.0589 e. The Morgan fingerprint density at radius 3 is 2.80 bits per heavy atom. The molecule has 102 valence electrons. The maximum atomic E-state index is 12.5. The summed E-state index contributed by atoms with van der Waals surface area (Å²) in [6.07, 6.45) is 0. The molecule has 2 nitrogen and oxygen atoms in total. The summed E-state index contributed by atoms with van der Waals surface area (Å²) >= 11 is 7.78. The third-order valence-corrected chi connectivity index (χ3v) is 5.91. The van der Waals surface area contributed by atoms with Crippen molar-refractivity contribution in [3.63, 3.8) is 0 Å². The summed E-state index contributed by atoms with van der Waals surface area (Å²) in [7, 11) is -1.17. The van der Waals surface area contributed by atoms with Gasteiger partial charge < -0.3 is 5.73 Å². The van der Waals surface area contributed by atoms with Gasteiger partial charge in [0.15, 0.2) is 0 Å². The second-order valence-corrected chi connectivity index (χ2v) is 7.17. The minimum Gasteiger partial charge on any atom is -0.399 e. The van der Waals surface area contributed by atoms with E-state index in [1.807, 2.05) is 12.1 Å².